The Morgan fingerprint density at radius 3 is 2.44 bits per heavy atom. The number of carbonyl (C=O) groups excluding carboxylic acids is 1. The van der Waals surface area contributed by atoms with Gasteiger partial charge in [0.25, 0.3) is 0 Å². The SMILES string of the molecule is CCOc1cncc(C(=O)C(C)(C)C(C)(C)N)c1. The van der Waals surface area contributed by atoms with Crippen LogP contribution in [-0.2, 0) is 0 Å². The van der Waals surface area contributed by atoms with Crippen molar-refractivity contribution in [1.29, 1.82) is 0 Å². The summed E-state index contributed by atoms with van der Waals surface area (Å²) in [6, 6.07) is 1.71. The smallest absolute Gasteiger partial charge is 0.171 e. The van der Waals surface area contributed by atoms with E-state index in [2.05, 4.69) is 4.98 Å². The summed E-state index contributed by atoms with van der Waals surface area (Å²) in [4.78, 5) is 16.5. The molecule has 0 amide bonds. The van der Waals surface area contributed by atoms with E-state index in [0.29, 0.717) is 17.9 Å². The second-order valence-corrected chi connectivity index (χ2v) is 5.52. The van der Waals surface area contributed by atoms with E-state index in [-0.39, 0.29) is 5.78 Å². The lowest BCUT2D eigenvalue weighted by atomic mass is 9.70. The van der Waals surface area contributed by atoms with Crippen LogP contribution in [0.4, 0.5) is 0 Å². The van der Waals surface area contributed by atoms with Crippen LogP contribution < -0.4 is 10.5 Å². The lowest BCUT2D eigenvalue weighted by Crippen LogP contribution is -2.51. The van der Waals surface area contributed by atoms with Gasteiger partial charge in [0.15, 0.2) is 5.78 Å². The molecule has 2 N–H and O–H groups in total. The van der Waals surface area contributed by atoms with Crippen LogP contribution in [0.25, 0.3) is 0 Å². The van der Waals surface area contributed by atoms with Gasteiger partial charge in [-0.25, -0.2) is 0 Å². The summed E-state index contributed by atoms with van der Waals surface area (Å²) in [5.74, 6) is 0.582. The highest BCUT2D eigenvalue weighted by atomic mass is 16.5. The summed E-state index contributed by atoms with van der Waals surface area (Å²) >= 11 is 0. The molecule has 0 saturated carbocycles. The standard InChI is InChI=1S/C14H22N2O2/c1-6-18-11-7-10(8-16-9-11)12(17)13(2,3)14(4,5)15/h7-9H,6,15H2,1-5H3. The van der Waals surface area contributed by atoms with E-state index in [1.165, 1.54) is 0 Å². The first-order valence-electron chi connectivity index (χ1n) is 6.11. The maximum atomic E-state index is 12.5. The van der Waals surface area contributed by atoms with Crippen molar-refractivity contribution in [2.75, 3.05) is 6.61 Å². The third-order valence-electron chi connectivity index (χ3n) is 3.46. The molecule has 0 aliphatic rings. The molecular formula is C14H22N2O2. The predicted octanol–water partition coefficient (Wildman–Crippen LogP) is 2.43. The molecule has 1 aromatic rings. The van der Waals surface area contributed by atoms with Crippen LogP contribution >= 0.6 is 0 Å². The van der Waals surface area contributed by atoms with Gasteiger partial charge in [-0.1, -0.05) is 13.8 Å². The second kappa shape index (κ2) is 5.06. The maximum Gasteiger partial charge on any atom is 0.171 e. The van der Waals surface area contributed by atoms with Crippen LogP contribution in [-0.4, -0.2) is 22.9 Å². The topological polar surface area (TPSA) is 65.2 Å². The molecule has 0 aliphatic carbocycles. The number of pyridine rings is 1. The zero-order chi connectivity index (χ0) is 14.0. The van der Waals surface area contributed by atoms with E-state index in [1.807, 2.05) is 34.6 Å². The predicted molar refractivity (Wildman–Crippen MR) is 71.8 cm³/mol. The highest BCUT2D eigenvalue weighted by Gasteiger charge is 2.40. The molecule has 4 heteroatoms. The fraction of sp³-hybridized carbons (Fsp3) is 0.571. The van der Waals surface area contributed by atoms with Gasteiger partial charge in [0.2, 0.25) is 0 Å². The van der Waals surface area contributed by atoms with E-state index < -0.39 is 11.0 Å². The van der Waals surface area contributed by atoms with Gasteiger partial charge in [0, 0.05) is 22.7 Å². The Morgan fingerprint density at radius 1 is 1.33 bits per heavy atom. The normalized spacial score (nSPS) is 12.3. The van der Waals surface area contributed by atoms with E-state index in [1.54, 1.807) is 18.5 Å². The lowest BCUT2D eigenvalue weighted by molar-refractivity contribution is 0.0734. The van der Waals surface area contributed by atoms with Crippen molar-refractivity contribution in [1.82, 2.24) is 4.98 Å². The van der Waals surface area contributed by atoms with Crippen molar-refractivity contribution in [3.63, 3.8) is 0 Å². The molecule has 0 saturated heterocycles. The first-order chi connectivity index (χ1) is 8.20. The molecule has 1 rings (SSSR count). The average molecular weight is 250 g/mol. The minimum absolute atomic E-state index is 0.0240. The van der Waals surface area contributed by atoms with Gasteiger partial charge in [-0.15, -0.1) is 0 Å². The summed E-state index contributed by atoms with van der Waals surface area (Å²) in [5.41, 5.74) is 5.34. The van der Waals surface area contributed by atoms with E-state index in [0.717, 1.165) is 0 Å². The van der Waals surface area contributed by atoms with Crippen LogP contribution in [0.2, 0.25) is 0 Å². The molecular weight excluding hydrogens is 228 g/mol. The monoisotopic (exact) mass is 250 g/mol. The second-order valence-electron chi connectivity index (χ2n) is 5.52. The zero-order valence-corrected chi connectivity index (χ0v) is 11.8. The molecule has 0 unspecified atom stereocenters. The Kier molecular flexibility index (Phi) is 4.12. The number of rotatable bonds is 5. The summed E-state index contributed by atoms with van der Waals surface area (Å²) in [5, 5.41) is 0. The number of aromatic nitrogens is 1. The Bertz CT molecular complexity index is 434. The van der Waals surface area contributed by atoms with Crippen LogP contribution in [0.15, 0.2) is 18.5 Å². The highest BCUT2D eigenvalue weighted by molar-refractivity contribution is 6.01. The van der Waals surface area contributed by atoms with E-state index in [4.69, 9.17) is 10.5 Å². The molecule has 4 nitrogen and oxygen atoms in total. The molecule has 0 spiro atoms. The third-order valence-corrected chi connectivity index (χ3v) is 3.46. The van der Waals surface area contributed by atoms with E-state index in [9.17, 15) is 4.79 Å². The van der Waals surface area contributed by atoms with Gasteiger partial charge in [-0.05, 0) is 26.8 Å². The number of nitrogens with two attached hydrogens (primary N) is 1. The molecule has 0 radical (unpaired) electrons. The lowest BCUT2D eigenvalue weighted by Gasteiger charge is -2.37. The minimum atomic E-state index is -0.667. The zero-order valence-electron chi connectivity index (χ0n) is 11.8. The Labute approximate surface area is 109 Å². The van der Waals surface area contributed by atoms with Crippen molar-refractivity contribution in [3.05, 3.63) is 24.0 Å². The van der Waals surface area contributed by atoms with Gasteiger partial charge >= 0.3 is 0 Å². The molecule has 0 aromatic carbocycles. The van der Waals surface area contributed by atoms with Crippen molar-refractivity contribution in [2.45, 2.75) is 40.2 Å². The van der Waals surface area contributed by atoms with Crippen LogP contribution in [0.3, 0.4) is 0 Å². The first-order valence-corrected chi connectivity index (χ1v) is 6.11. The molecule has 1 aromatic heterocycles. The molecule has 18 heavy (non-hydrogen) atoms. The number of nitrogens with zero attached hydrogens (tertiary/aromatic N) is 1. The van der Waals surface area contributed by atoms with Crippen LogP contribution in [0.1, 0.15) is 45.0 Å². The average Bonchev–Trinajstić information content (AvgIpc) is 2.27. The molecule has 0 fully saturated rings. The van der Waals surface area contributed by atoms with Gasteiger partial charge in [0.05, 0.1) is 12.8 Å². The van der Waals surface area contributed by atoms with Crippen LogP contribution in [0.5, 0.6) is 5.75 Å². The number of hydrogen-bond acceptors (Lipinski definition) is 4. The molecule has 100 valence electrons. The van der Waals surface area contributed by atoms with Crippen LogP contribution in [0, 0.1) is 5.41 Å². The molecule has 0 aliphatic heterocycles. The highest BCUT2D eigenvalue weighted by Crippen LogP contribution is 2.32. The Balaban J connectivity index is 3.08. The number of ether oxygens (including phenoxy) is 1. The number of hydrogen-bond donors (Lipinski definition) is 1. The summed E-state index contributed by atoms with van der Waals surface area (Å²) in [6.45, 7) is 9.84. The van der Waals surface area contributed by atoms with Gasteiger partial charge in [0.1, 0.15) is 5.75 Å². The third kappa shape index (κ3) is 2.88. The Morgan fingerprint density at radius 2 is 1.94 bits per heavy atom. The van der Waals surface area contributed by atoms with Gasteiger partial charge in [-0.2, -0.15) is 0 Å². The fourth-order valence-corrected chi connectivity index (χ4v) is 1.44. The molecule has 0 atom stereocenters. The Hall–Kier alpha value is -1.42. The quantitative estimate of drug-likeness (QED) is 0.815. The molecule has 0 bridgehead atoms. The largest absolute Gasteiger partial charge is 0.492 e. The van der Waals surface area contributed by atoms with Crippen molar-refractivity contribution in [2.24, 2.45) is 11.1 Å². The van der Waals surface area contributed by atoms with E-state index >= 15 is 0 Å². The van der Waals surface area contributed by atoms with Crippen molar-refractivity contribution >= 4 is 5.78 Å². The fourth-order valence-electron chi connectivity index (χ4n) is 1.44. The summed E-state index contributed by atoms with van der Waals surface area (Å²) < 4.78 is 5.35. The summed E-state index contributed by atoms with van der Waals surface area (Å²) in [6.07, 6.45) is 3.15. The van der Waals surface area contributed by atoms with Gasteiger partial charge < -0.3 is 10.5 Å². The first kappa shape index (κ1) is 14.6. The minimum Gasteiger partial charge on any atom is -0.492 e. The van der Waals surface area contributed by atoms with Gasteiger partial charge in [-0.3, -0.25) is 9.78 Å². The van der Waals surface area contributed by atoms with Crippen molar-refractivity contribution < 1.29 is 9.53 Å². The number of ketones is 1. The number of Topliss-reactive ketones (excluding diaryl/α,β-unsaturated/α-hetero) is 1. The molecule has 1 heterocycles. The maximum absolute atomic E-state index is 12.5. The van der Waals surface area contributed by atoms with Crippen molar-refractivity contribution in [3.8, 4) is 5.75 Å². The number of carbonyl (C=O) groups is 1. The summed E-state index contributed by atoms with van der Waals surface area (Å²) in [7, 11) is 0.